The number of anilines is 1. The van der Waals surface area contributed by atoms with E-state index in [0.717, 1.165) is 18.0 Å². The topological polar surface area (TPSA) is 50.7 Å². The number of benzene rings is 1. The van der Waals surface area contributed by atoms with Gasteiger partial charge in [0.25, 0.3) is 0 Å². The summed E-state index contributed by atoms with van der Waals surface area (Å²) >= 11 is 5.93. The Morgan fingerprint density at radius 2 is 1.89 bits per heavy atom. The predicted octanol–water partition coefficient (Wildman–Crippen LogP) is 3.01. The fraction of sp³-hybridized carbons (Fsp3) is 0.308. The van der Waals surface area contributed by atoms with Crippen LogP contribution in [0.3, 0.4) is 0 Å². The predicted molar refractivity (Wildman–Crippen MR) is 71.5 cm³/mol. The summed E-state index contributed by atoms with van der Waals surface area (Å²) < 4.78 is 0. The number of nitrogens with zero attached hydrogens (tertiary/aromatic N) is 3. The second-order valence-corrected chi connectivity index (χ2v) is 4.78. The molecule has 5 heteroatoms. The first-order valence-electron chi connectivity index (χ1n) is 6.02. The van der Waals surface area contributed by atoms with Crippen LogP contribution in [0, 0.1) is 5.92 Å². The number of aromatic nitrogens is 3. The standard InChI is InChI=1S/C13H13ClN4/c14-12-16-11(10-4-2-1-3-5-10)17-13(18-12)15-8-9-6-7-9/h1-5,9H,6-8H2,(H,15,16,17,18). The van der Waals surface area contributed by atoms with Crippen molar-refractivity contribution in [3.63, 3.8) is 0 Å². The summed E-state index contributed by atoms with van der Waals surface area (Å²) in [5, 5.41) is 3.44. The minimum absolute atomic E-state index is 0.224. The molecule has 3 rings (SSSR count). The highest BCUT2D eigenvalue weighted by Gasteiger charge is 2.21. The van der Waals surface area contributed by atoms with Crippen LogP contribution in [0.4, 0.5) is 5.95 Å². The lowest BCUT2D eigenvalue weighted by Crippen LogP contribution is -2.08. The van der Waals surface area contributed by atoms with Crippen LogP contribution in [0.15, 0.2) is 30.3 Å². The van der Waals surface area contributed by atoms with E-state index in [9.17, 15) is 0 Å². The van der Waals surface area contributed by atoms with Gasteiger partial charge in [-0.1, -0.05) is 30.3 Å². The average Bonchev–Trinajstić information content (AvgIpc) is 3.21. The van der Waals surface area contributed by atoms with E-state index in [-0.39, 0.29) is 5.28 Å². The summed E-state index contributed by atoms with van der Waals surface area (Å²) in [5.74, 6) is 1.93. The minimum Gasteiger partial charge on any atom is -0.354 e. The molecule has 1 fully saturated rings. The van der Waals surface area contributed by atoms with Gasteiger partial charge >= 0.3 is 0 Å². The van der Waals surface area contributed by atoms with Crippen molar-refractivity contribution < 1.29 is 0 Å². The Hall–Kier alpha value is -1.68. The molecule has 18 heavy (non-hydrogen) atoms. The van der Waals surface area contributed by atoms with E-state index in [0.29, 0.717) is 11.8 Å². The van der Waals surface area contributed by atoms with Crippen LogP contribution in [0.25, 0.3) is 11.4 Å². The first-order chi connectivity index (χ1) is 8.81. The zero-order chi connectivity index (χ0) is 12.4. The number of halogens is 1. The van der Waals surface area contributed by atoms with Crippen molar-refractivity contribution in [3.8, 4) is 11.4 Å². The Morgan fingerprint density at radius 3 is 2.61 bits per heavy atom. The SMILES string of the molecule is Clc1nc(NCC2CC2)nc(-c2ccccc2)n1. The number of rotatable bonds is 4. The maximum absolute atomic E-state index is 5.93. The zero-order valence-electron chi connectivity index (χ0n) is 9.81. The molecule has 1 aromatic carbocycles. The van der Waals surface area contributed by atoms with Crippen LogP contribution in [-0.4, -0.2) is 21.5 Å². The third-order valence-electron chi connectivity index (χ3n) is 2.89. The van der Waals surface area contributed by atoms with Gasteiger partial charge < -0.3 is 5.32 Å². The molecule has 1 N–H and O–H groups in total. The molecule has 4 nitrogen and oxygen atoms in total. The van der Waals surface area contributed by atoms with E-state index in [1.165, 1.54) is 12.8 Å². The summed E-state index contributed by atoms with van der Waals surface area (Å²) in [6, 6.07) is 9.76. The number of hydrogen-bond acceptors (Lipinski definition) is 4. The van der Waals surface area contributed by atoms with E-state index in [1.807, 2.05) is 30.3 Å². The van der Waals surface area contributed by atoms with Crippen LogP contribution >= 0.6 is 11.6 Å². The van der Waals surface area contributed by atoms with Crippen molar-refractivity contribution in [2.45, 2.75) is 12.8 Å². The molecule has 1 aliphatic rings. The largest absolute Gasteiger partial charge is 0.354 e. The van der Waals surface area contributed by atoms with Gasteiger partial charge in [-0.3, -0.25) is 0 Å². The van der Waals surface area contributed by atoms with Gasteiger partial charge in [0.1, 0.15) is 0 Å². The molecule has 1 aromatic heterocycles. The van der Waals surface area contributed by atoms with Crippen LogP contribution in [0.2, 0.25) is 5.28 Å². The van der Waals surface area contributed by atoms with Crippen molar-refractivity contribution in [1.29, 1.82) is 0 Å². The second-order valence-electron chi connectivity index (χ2n) is 4.44. The second kappa shape index (κ2) is 4.90. The van der Waals surface area contributed by atoms with Crippen molar-refractivity contribution in [3.05, 3.63) is 35.6 Å². The summed E-state index contributed by atoms with van der Waals surface area (Å²) in [6.45, 7) is 0.911. The van der Waals surface area contributed by atoms with E-state index < -0.39 is 0 Å². The molecule has 1 heterocycles. The smallest absolute Gasteiger partial charge is 0.227 e. The van der Waals surface area contributed by atoms with Crippen molar-refractivity contribution in [2.24, 2.45) is 5.92 Å². The van der Waals surface area contributed by atoms with Crippen molar-refractivity contribution in [2.75, 3.05) is 11.9 Å². The molecule has 0 spiro atoms. The summed E-state index contributed by atoms with van der Waals surface area (Å²) in [4.78, 5) is 12.6. The molecule has 0 unspecified atom stereocenters. The van der Waals surface area contributed by atoms with Crippen molar-refractivity contribution >= 4 is 17.5 Å². The molecule has 0 saturated heterocycles. The maximum atomic E-state index is 5.93. The van der Waals surface area contributed by atoms with Gasteiger partial charge in [-0.05, 0) is 30.4 Å². The number of hydrogen-bond donors (Lipinski definition) is 1. The Morgan fingerprint density at radius 1 is 1.11 bits per heavy atom. The first-order valence-corrected chi connectivity index (χ1v) is 6.40. The molecule has 1 saturated carbocycles. The van der Waals surface area contributed by atoms with Gasteiger partial charge in [0.15, 0.2) is 5.82 Å². The monoisotopic (exact) mass is 260 g/mol. The van der Waals surface area contributed by atoms with Crippen LogP contribution in [0.1, 0.15) is 12.8 Å². The van der Waals surface area contributed by atoms with Gasteiger partial charge in [0, 0.05) is 12.1 Å². The molecule has 0 radical (unpaired) electrons. The third kappa shape index (κ3) is 2.76. The molecule has 0 bridgehead atoms. The quantitative estimate of drug-likeness (QED) is 0.918. The normalized spacial score (nSPS) is 14.5. The van der Waals surface area contributed by atoms with Crippen LogP contribution < -0.4 is 5.32 Å². The Bertz CT molecular complexity index is 540. The minimum atomic E-state index is 0.224. The van der Waals surface area contributed by atoms with Crippen LogP contribution in [-0.2, 0) is 0 Å². The maximum Gasteiger partial charge on any atom is 0.227 e. The summed E-state index contributed by atoms with van der Waals surface area (Å²) in [5.41, 5.74) is 0.941. The molecule has 0 atom stereocenters. The van der Waals surface area contributed by atoms with Crippen molar-refractivity contribution in [1.82, 2.24) is 15.0 Å². The molecular weight excluding hydrogens is 248 g/mol. The fourth-order valence-corrected chi connectivity index (χ4v) is 1.86. The Labute approximate surface area is 110 Å². The van der Waals surface area contributed by atoms with E-state index in [1.54, 1.807) is 0 Å². The van der Waals surface area contributed by atoms with Gasteiger partial charge in [-0.25, -0.2) is 0 Å². The molecule has 92 valence electrons. The van der Waals surface area contributed by atoms with Gasteiger partial charge in [0.2, 0.25) is 11.2 Å². The van der Waals surface area contributed by atoms with Gasteiger partial charge in [-0.15, -0.1) is 0 Å². The third-order valence-corrected chi connectivity index (χ3v) is 3.05. The lowest BCUT2D eigenvalue weighted by atomic mass is 10.2. The van der Waals surface area contributed by atoms with Gasteiger partial charge in [0.05, 0.1) is 0 Å². The molecule has 0 amide bonds. The molecule has 0 aliphatic heterocycles. The fourth-order valence-electron chi connectivity index (χ4n) is 1.70. The highest BCUT2D eigenvalue weighted by molar-refractivity contribution is 6.28. The molecule has 1 aliphatic carbocycles. The zero-order valence-corrected chi connectivity index (χ0v) is 10.6. The van der Waals surface area contributed by atoms with E-state index in [2.05, 4.69) is 20.3 Å². The van der Waals surface area contributed by atoms with Gasteiger partial charge in [-0.2, -0.15) is 15.0 Å². The lowest BCUT2D eigenvalue weighted by molar-refractivity contribution is 0.869. The lowest BCUT2D eigenvalue weighted by Gasteiger charge is -2.06. The average molecular weight is 261 g/mol. The van der Waals surface area contributed by atoms with E-state index >= 15 is 0 Å². The summed E-state index contributed by atoms with van der Waals surface area (Å²) in [6.07, 6.45) is 2.58. The highest BCUT2D eigenvalue weighted by Crippen LogP contribution is 2.28. The highest BCUT2D eigenvalue weighted by atomic mass is 35.5. The Balaban J connectivity index is 1.85. The van der Waals surface area contributed by atoms with E-state index in [4.69, 9.17) is 11.6 Å². The first kappa shape index (κ1) is 11.4. The molecule has 2 aromatic rings. The Kier molecular flexibility index (Phi) is 3.11. The van der Waals surface area contributed by atoms with Crippen LogP contribution in [0.5, 0.6) is 0 Å². The number of nitrogens with one attached hydrogen (secondary N) is 1. The molecular formula is C13H13ClN4. The summed E-state index contributed by atoms with van der Waals surface area (Å²) in [7, 11) is 0.